The van der Waals surface area contributed by atoms with E-state index in [9.17, 15) is 24.3 Å². The van der Waals surface area contributed by atoms with E-state index in [1.54, 1.807) is 46.4 Å². The number of carboxylic acid groups (broad SMARTS) is 1. The maximum atomic E-state index is 12.6. The fourth-order valence-electron chi connectivity index (χ4n) is 4.12. The molecule has 1 heterocycles. The Kier molecular flexibility index (Phi) is 10.5. The summed E-state index contributed by atoms with van der Waals surface area (Å²) in [6.07, 6.45) is -0.126. The van der Waals surface area contributed by atoms with Crippen molar-refractivity contribution in [2.45, 2.75) is 105 Å². The molecule has 3 N–H and O–H groups in total. The van der Waals surface area contributed by atoms with E-state index < -0.39 is 47.4 Å². The molecular weight excluding hydrogens is 456 g/mol. The van der Waals surface area contributed by atoms with Crippen LogP contribution in [0.4, 0.5) is 9.59 Å². The number of alkyl carbamates (subject to hydrolysis) is 1. The van der Waals surface area contributed by atoms with Crippen molar-refractivity contribution in [2.75, 3.05) is 6.54 Å². The van der Waals surface area contributed by atoms with E-state index >= 15 is 0 Å². The molecule has 1 aliphatic heterocycles. The molecule has 11 heteroatoms. The fraction of sp³-hybridized carbons (Fsp3) is 0.792. The Labute approximate surface area is 208 Å². The number of likely N-dealkylation sites (tertiary alicyclic amines) is 1. The maximum absolute atomic E-state index is 12.6. The quantitative estimate of drug-likeness (QED) is 0.372. The van der Waals surface area contributed by atoms with Crippen molar-refractivity contribution in [1.29, 1.82) is 0 Å². The van der Waals surface area contributed by atoms with Gasteiger partial charge < -0.3 is 24.8 Å². The number of nitrogens with zero attached hydrogens (tertiary/aromatic N) is 2. The van der Waals surface area contributed by atoms with Gasteiger partial charge in [0.15, 0.2) is 0 Å². The lowest BCUT2D eigenvalue weighted by Gasteiger charge is -2.37. The standard InChI is InChI=1S/C24H42N4O7/c1-10-15(11-2)18(25-14(3)29)17-12-16(19(30)31)13-28(17)20(26-21(32)34-23(4,5)6)27-22(33)35-24(7,8)9/h15-18H,10-13H2,1-9H3,(H,25,29)(H,30,31)(H,26,27,32,33)/t16-,17+,18?/m1/s1. The molecule has 0 radical (unpaired) electrons. The number of hydrogen-bond acceptors (Lipinski definition) is 6. The fourth-order valence-corrected chi connectivity index (χ4v) is 4.12. The molecule has 3 atom stereocenters. The van der Waals surface area contributed by atoms with Crippen LogP contribution in [0.3, 0.4) is 0 Å². The summed E-state index contributed by atoms with van der Waals surface area (Å²) in [4.78, 5) is 54.8. The molecule has 0 saturated carbocycles. The van der Waals surface area contributed by atoms with Crippen molar-refractivity contribution in [3.05, 3.63) is 0 Å². The summed E-state index contributed by atoms with van der Waals surface area (Å²) < 4.78 is 10.6. The highest BCUT2D eigenvalue weighted by atomic mass is 16.6. The van der Waals surface area contributed by atoms with Gasteiger partial charge in [-0.25, -0.2) is 9.59 Å². The van der Waals surface area contributed by atoms with Gasteiger partial charge in [-0.2, -0.15) is 0 Å². The Balaban J connectivity index is 3.53. The minimum absolute atomic E-state index is 0.0202. The number of rotatable bonds is 6. The van der Waals surface area contributed by atoms with E-state index in [4.69, 9.17) is 9.47 Å². The van der Waals surface area contributed by atoms with E-state index in [-0.39, 0.29) is 30.8 Å². The number of aliphatic imine (C=N–C) groups is 1. The number of hydrogen-bond donors (Lipinski definition) is 3. The van der Waals surface area contributed by atoms with Crippen LogP contribution >= 0.6 is 0 Å². The van der Waals surface area contributed by atoms with Gasteiger partial charge >= 0.3 is 18.2 Å². The van der Waals surface area contributed by atoms with E-state index in [0.717, 1.165) is 12.8 Å². The number of carbonyl (C=O) groups is 4. The van der Waals surface area contributed by atoms with Crippen LogP contribution in [0.25, 0.3) is 0 Å². The van der Waals surface area contributed by atoms with Crippen LogP contribution in [0.5, 0.6) is 0 Å². The molecule has 200 valence electrons. The molecule has 3 amide bonds. The zero-order valence-corrected chi connectivity index (χ0v) is 22.4. The third kappa shape index (κ3) is 10.1. The van der Waals surface area contributed by atoms with E-state index in [0.29, 0.717) is 0 Å². The summed E-state index contributed by atoms with van der Waals surface area (Å²) in [6, 6.07) is -0.975. The van der Waals surface area contributed by atoms with Gasteiger partial charge in [-0.15, -0.1) is 4.99 Å². The number of ether oxygens (including phenoxy) is 2. The highest BCUT2D eigenvalue weighted by Crippen LogP contribution is 2.31. The number of aliphatic carboxylic acids is 1. The van der Waals surface area contributed by atoms with E-state index in [1.165, 1.54) is 6.92 Å². The molecule has 1 unspecified atom stereocenters. The molecule has 1 saturated heterocycles. The van der Waals surface area contributed by atoms with Crippen molar-refractivity contribution in [3.8, 4) is 0 Å². The molecule has 0 aliphatic carbocycles. The summed E-state index contributed by atoms with van der Waals surface area (Å²) in [5, 5.41) is 15.2. The van der Waals surface area contributed by atoms with E-state index in [1.807, 2.05) is 13.8 Å². The first-order valence-electron chi connectivity index (χ1n) is 12.1. The molecular formula is C24H42N4O7. The van der Waals surface area contributed by atoms with Crippen LogP contribution in [-0.2, 0) is 19.1 Å². The summed E-state index contributed by atoms with van der Waals surface area (Å²) in [6.45, 7) is 15.5. The van der Waals surface area contributed by atoms with Crippen LogP contribution in [-0.4, -0.2) is 69.9 Å². The Hall–Kier alpha value is -2.85. The van der Waals surface area contributed by atoms with Gasteiger partial charge in [0.25, 0.3) is 0 Å². The normalized spacial score (nSPS) is 19.8. The average molecular weight is 499 g/mol. The van der Waals surface area contributed by atoms with Crippen LogP contribution in [0.15, 0.2) is 4.99 Å². The summed E-state index contributed by atoms with van der Waals surface area (Å²) in [5.41, 5.74) is -1.65. The number of carboxylic acids is 1. The SMILES string of the molecule is CCC(CC)C(NC(C)=O)[C@@H]1C[C@@H](C(=O)O)CN1/C(=N\C(=O)OC(C)(C)C)NC(=O)OC(C)(C)C. The number of nitrogens with one attached hydrogen (secondary N) is 2. The zero-order chi connectivity index (χ0) is 27.1. The smallest absolute Gasteiger partial charge is 0.437 e. The van der Waals surface area contributed by atoms with Crippen molar-refractivity contribution >= 4 is 30.0 Å². The van der Waals surface area contributed by atoms with Gasteiger partial charge in [0.2, 0.25) is 11.9 Å². The van der Waals surface area contributed by atoms with Gasteiger partial charge in [-0.05, 0) is 53.9 Å². The number of carbonyl (C=O) groups excluding carboxylic acids is 3. The molecule has 1 aliphatic rings. The van der Waals surface area contributed by atoms with Crippen molar-refractivity contribution in [1.82, 2.24) is 15.5 Å². The third-order valence-corrected chi connectivity index (χ3v) is 5.51. The van der Waals surface area contributed by atoms with Crippen LogP contribution in [0.1, 0.15) is 81.6 Å². The summed E-state index contributed by atoms with van der Waals surface area (Å²) in [5.74, 6) is -2.22. The Bertz CT molecular complexity index is 810. The van der Waals surface area contributed by atoms with Gasteiger partial charge in [0.05, 0.1) is 18.0 Å². The Morgan fingerprint density at radius 1 is 1.03 bits per heavy atom. The monoisotopic (exact) mass is 498 g/mol. The van der Waals surface area contributed by atoms with Crippen molar-refractivity contribution in [3.63, 3.8) is 0 Å². The average Bonchev–Trinajstić information content (AvgIpc) is 3.09. The molecule has 0 aromatic rings. The lowest BCUT2D eigenvalue weighted by atomic mass is 9.86. The third-order valence-electron chi connectivity index (χ3n) is 5.51. The maximum Gasteiger partial charge on any atom is 0.437 e. The van der Waals surface area contributed by atoms with Crippen molar-refractivity contribution < 1.29 is 33.8 Å². The molecule has 0 spiro atoms. The molecule has 11 nitrogen and oxygen atoms in total. The lowest BCUT2D eigenvalue weighted by Crippen LogP contribution is -2.57. The topological polar surface area (TPSA) is 147 Å². The summed E-state index contributed by atoms with van der Waals surface area (Å²) >= 11 is 0. The zero-order valence-electron chi connectivity index (χ0n) is 22.4. The minimum atomic E-state index is -1.02. The molecule has 0 aromatic carbocycles. The first kappa shape index (κ1) is 30.2. The van der Waals surface area contributed by atoms with Crippen LogP contribution < -0.4 is 10.6 Å². The van der Waals surface area contributed by atoms with Crippen molar-refractivity contribution in [2.24, 2.45) is 16.8 Å². The van der Waals surface area contributed by atoms with Gasteiger partial charge in [-0.1, -0.05) is 26.7 Å². The Morgan fingerprint density at radius 2 is 1.57 bits per heavy atom. The molecule has 0 bridgehead atoms. The predicted octanol–water partition coefficient (Wildman–Crippen LogP) is 3.52. The van der Waals surface area contributed by atoms with Gasteiger partial charge in [0, 0.05) is 13.5 Å². The minimum Gasteiger partial charge on any atom is -0.481 e. The van der Waals surface area contributed by atoms with Gasteiger partial charge in [-0.3, -0.25) is 14.9 Å². The highest BCUT2D eigenvalue weighted by molar-refractivity contribution is 5.99. The number of guanidine groups is 1. The summed E-state index contributed by atoms with van der Waals surface area (Å²) in [7, 11) is 0. The molecule has 35 heavy (non-hydrogen) atoms. The first-order valence-corrected chi connectivity index (χ1v) is 12.1. The largest absolute Gasteiger partial charge is 0.481 e. The predicted molar refractivity (Wildman–Crippen MR) is 131 cm³/mol. The molecule has 1 rings (SSSR count). The number of amides is 3. The second-order valence-corrected chi connectivity index (χ2v) is 10.8. The molecule has 1 fully saturated rings. The lowest BCUT2D eigenvalue weighted by molar-refractivity contribution is -0.141. The van der Waals surface area contributed by atoms with Crippen LogP contribution in [0.2, 0.25) is 0 Å². The van der Waals surface area contributed by atoms with Gasteiger partial charge in [0.1, 0.15) is 11.2 Å². The first-order chi connectivity index (χ1) is 16.0. The second-order valence-electron chi connectivity index (χ2n) is 10.8. The Morgan fingerprint density at radius 3 is 2.00 bits per heavy atom. The van der Waals surface area contributed by atoms with E-state index in [2.05, 4.69) is 15.6 Å². The highest BCUT2D eigenvalue weighted by Gasteiger charge is 2.44. The second kappa shape index (κ2) is 12.2. The van der Waals surface area contributed by atoms with Crippen LogP contribution in [0, 0.1) is 11.8 Å². The molecule has 0 aromatic heterocycles.